The van der Waals surface area contributed by atoms with Gasteiger partial charge in [-0.1, -0.05) is 24.3 Å². The average molecular weight is 413 g/mol. The molecular formula is C23H15N3O3S. The molecule has 5 aromatic rings. The highest BCUT2D eigenvalue weighted by molar-refractivity contribution is 7.21. The summed E-state index contributed by atoms with van der Waals surface area (Å²) in [6.45, 7) is 0. The third-order valence-corrected chi connectivity index (χ3v) is 5.79. The molecule has 0 aliphatic rings. The van der Waals surface area contributed by atoms with Crippen molar-refractivity contribution in [3.05, 3.63) is 72.8 Å². The minimum Gasteiger partial charge on any atom is -0.508 e. The standard InChI is InChI=1S/C23H15N3O3S/c27-15-9-10-18-21(11-15)30-23(24-18)13-5-7-14(8-6-13)25-26-22-17-4-2-1-3-16(17)19(28)12-20(22)29/h1-12,27-29H. The van der Waals surface area contributed by atoms with Gasteiger partial charge in [0, 0.05) is 22.4 Å². The molecule has 0 unspecified atom stereocenters. The lowest BCUT2D eigenvalue weighted by atomic mass is 10.1. The monoisotopic (exact) mass is 413 g/mol. The largest absolute Gasteiger partial charge is 0.508 e. The Morgan fingerprint density at radius 2 is 1.50 bits per heavy atom. The van der Waals surface area contributed by atoms with Crippen LogP contribution < -0.4 is 0 Å². The van der Waals surface area contributed by atoms with E-state index in [2.05, 4.69) is 15.2 Å². The second-order valence-electron chi connectivity index (χ2n) is 6.73. The Morgan fingerprint density at radius 3 is 2.30 bits per heavy atom. The lowest BCUT2D eigenvalue weighted by Crippen LogP contribution is -1.77. The van der Waals surface area contributed by atoms with Gasteiger partial charge in [-0.3, -0.25) is 0 Å². The first kappa shape index (κ1) is 18.1. The highest BCUT2D eigenvalue weighted by Crippen LogP contribution is 2.41. The van der Waals surface area contributed by atoms with Crippen LogP contribution in [0.25, 0.3) is 31.6 Å². The van der Waals surface area contributed by atoms with Crippen LogP contribution in [0.15, 0.2) is 83.0 Å². The molecule has 0 aliphatic heterocycles. The molecule has 0 bridgehead atoms. The van der Waals surface area contributed by atoms with Gasteiger partial charge < -0.3 is 15.3 Å². The predicted octanol–water partition coefficient (Wildman–Crippen LogP) is 6.65. The number of nitrogens with zero attached hydrogens (tertiary/aromatic N) is 3. The van der Waals surface area contributed by atoms with Crippen molar-refractivity contribution in [3.8, 4) is 27.8 Å². The molecule has 30 heavy (non-hydrogen) atoms. The summed E-state index contributed by atoms with van der Waals surface area (Å²) < 4.78 is 0.920. The van der Waals surface area contributed by atoms with E-state index >= 15 is 0 Å². The molecule has 0 fully saturated rings. The van der Waals surface area contributed by atoms with Crippen molar-refractivity contribution in [1.29, 1.82) is 0 Å². The van der Waals surface area contributed by atoms with Gasteiger partial charge in [-0.05, 0) is 42.5 Å². The van der Waals surface area contributed by atoms with Crippen LogP contribution >= 0.6 is 11.3 Å². The van der Waals surface area contributed by atoms with Gasteiger partial charge in [0.05, 0.1) is 15.9 Å². The normalized spacial score (nSPS) is 11.6. The van der Waals surface area contributed by atoms with Crippen LogP contribution in [0.1, 0.15) is 0 Å². The summed E-state index contributed by atoms with van der Waals surface area (Å²) in [5.74, 6) is 0.0818. The van der Waals surface area contributed by atoms with E-state index in [0.29, 0.717) is 22.1 Å². The average Bonchev–Trinajstić information content (AvgIpc) is 3.17. The van der Waals surface area contributed by atoms with Gasteiger partial charge in [0.1, 0.15) is 27.9 Å². The molecule has 5 rings (SSSR count). The van der Waals surface area contributed by atoms with Crippen LogP contribution in [-0.2, 0) is 0 Å². The molecule has 3 N–H and O–H groups in total. The van der Waals surface area contributed by atoms with E-state index in [9.17, 15) is 15.3 Å². The number of rotatable bonds is 3. The summed E-state index contributed by atoms with van der Waals surface area (Å²) in [5, 5.41) is 40.4. The van der Waals surface area contributed by atoms with E-state index in [1.54, 1.807) is 30.3 Å². The number of aromatic nitrogens is 1. The summed E-state index contributed by atoms with van der Waals surface area (Å²) in [6.07, 6.45) is 0. The fraction of sp³-hybridized carbons (Fsp3) is 0. The Hall–Kier alpha value is -3.97. The molecule has 0 saturated carbocycles. The molecule has 0 atom stereocenters. The maximum absolute atomic E-state index is 10.2. The molecule has 1 aromatic heterocycles. The van der Waals surface area contributed by atoms with Crippen molar-refractivity contribution < 1.29 is 15.3 Å². The highest BCUT2D eigenvalue weighted by Gasteiger charge is 2.11. The zero-order valence-corrected chi connectivity index (χ0v) is 16.3. The summed E-state index contributed by atoms with van der Waals surface area (Å²) in [7, 11) is 0. The van der Waals surface area contributed by atoms with E-state index < -0.39 is 0 Å². The van der Waals surface area contributed by atoms with Crippen molar-refractivity contribution in [1.82, 2.24) is 4.98 Å². The second kappa shape index (κ2) is 7.13. The third-order valence-electron chi connectivity index (χ3n) is 4.73. The minimum absolute atomic E-state index is 0.00411. The number of hydrogen-bond acceptors (Lipinski definition) is 7. The Kier molecular flexibility index (Phi) is 4.30. The van der Waals surface area contributed by atoms with Crippen molar-refractivity contribution in [2.24, 2.45) is 10.2 Å². The van der Waals surface area contributed by atoms with Gasteiger partial charge in [0.15, 0.2) is 0 Å². The summed E-state index contributed by atoms with van der Waals surface area (Å²) in [5.41, 5.74) is 2.70. The van der Waals surface area contributed by atoms with Gasteiger partial charge in [-0.2, -0.15) is 5.11 Å². The fourth-order valence-corrected chi connectivity index (χ4v) is 4.25. The number of benzene rings is 4. The lowest BCUT2D eigenvalue weighted by Gasteiger charge is -2.06. The Balaban J connectivity index is 1.46. The number of azo groups is 1. The molecule has 6 nitrogen and oxygen atoms in total. The zero-order valence-electron chi connectivity index (χ0n) is 15.5. The molecule has 1 heterocycles. The maximum atomic E-state index is 10.2. The molecule has 0 amide bonds. The molecule has 146 valence electrons. The Bertz CT molecular complexity index is 1430. The van der Waals surface area contributed by atoms with E-state index in [4.69, 9.17) is 0 Å². The second-order valence-corrected chi connectivity index (χ2v) is 7.76. The molecular weight excluding hydrogens is 398 g/mol. The SMILES string of the molecule is Oc1ccc2nc(-c3ccc(N=Nc4c(O)cc(O)c5ccccc45)cc3)sc2c1. The van der Waals surface area contributed by atoms with Crippen molar-refractivity contribution in [2.75, 3.05) is 0 Å². The first-order valence-electron chi connectivity index (χ1n) is 9.14. The van der Waals surface area contributed by atoms with Crippen molar-refractivity contribution in [3.63, 3.8) is 0 Å². The van der Waals surface area contributed by atoms with Gasteiger partial charge in [0.25, 0.3) is 0 Å². The van der Waals surface area contributed by atoms with Crippen LogP contribution in [0, 0.1) is 0 Å². The topological polar surface area (TPSA) is 98.3 Å². The molecule has 7 heteroatoms. The quantitative estimate of drug-likeness (QED) is 0.288. The number of phenolic OH excluding ortho intramolecular Hbond substituents is 3. The number of hydrogen-bond donors (Lipinski definition) is 3. The van der Waals surface area contributed by atoms with E-state index in [0.717, 1.165) is 20.8 Å². The van der Waals surface area contributed by atoms with Crippen molar-refractivity contribution >= 4 is 43.7 Å². The van der Waals surface area contributed by atoms with Crippen molar-refractivity contribution in [2.45, 2.75) is 0 Å². The molecule has 0 spiro atoms. The first-order chi connectivity index (χ1) is 14.6. The lowest BCUT2D eigenvalue weighted by molar-refractivity contribution is 0.456. The minimum atomic E-state index is -0.135. The highest BCUT2D eigenvalue weighted by atomic mass is 32.1. The van der Waals surface area contributed by atoms with Gasteiger partial charge in [-0.25, -0.2) is 4.98 Å². The number of thiazole rings is 1. The summed E-state index contributed by atoms with van der Waals surface area (Å²) in [6, 6.07) is 21.0. The van der Waals surface area contributed by atoms with Crippen LogP contribution in [0.5, 0.6) is 17.2 Å². The van der Waals surface area contributed by atoms with E-state index in [1.807, 2.05) is 36.4 Å². The molecule has 0 aliphatic carbocycles. The number of aromatic hydroxyl groups is 3. The molecule has 0 saturated heterocycles. The molecule has 4 aromatic carbocycles. The first-order valence-corrected chi connectivity index (χ1v) is 9.95. The fourth-order valence-electron chi connectivity index (χ4n) is 3.25. The zero-order chi connectivity index (χ0) is 20.7. The van der Waals surface area contributed by atoms with Crippen LogP contribution in [-0.4, -0.2) is 20.3 Å². The van der Waals surface area contributed by atoms with Crippen LogP contribution in [0.3, 0.4) is 0 Å². The number of fused-ring (bicyclic) bond motifs is 2. The van der Waals surface area contributed by atoms with Gasteiger partial charge >= 0.3 is 0 Å². The smallest absolute Gasteiger partial charge is 0.147 e. The van der Waals surface area contributed by atoms with Crippen LogP contribution in [0.4, 0.5) is 11.4 Å². The van der Waals surface area contributed by atoms with Gasteiger partial charge in [-0.15, -0.1) is 16.5 Å². The third kappa shape index (κ3) is 3.21. The number of phenols is 3. The summed E-state index contributed by atoms with van der Waals surface area (Å²) >= 11 is 1.50. The van der Waals surface area contributed by atoms with E-state index in [1.165, 1.54) is 17.4 Å². The summed E-state index contributed by atoms with van der Waals surface area (Å²) in [4.78, 5) is 4.60. The Morgan fingerprint density at radius 1 is 0.733 bits per heavy atom. The van der Waals surface area contributed by atoms with Crippen LogP contribution in [0.2, 0.25) is 0 Å². The predicted molar refractivity (Wildman–Crippen MR) is 118 cm³/mol. The molecule has 0 radical (unpaired) electrons. The van der Waals surface area contributed by atoms with E-state index in [-0.39, 0.29) is 17.2 Å². The Labute approximate surface area is 175 Å². The maximum Gasteiger partial charge on any atom is 0.147 e. The van der Waals surface area contributed by atoms with Gasteiger partial charge in [0.2, 0.25) is 0 Å².